The lowest BCUT2D eigenvalue weighted by Gasteiger charge is -2.40. The second-order valence-corrected chi connectivity index (χ2v) is 11.8. The fourth-order valence-electron chi connectivity index (χ4n) is 6.49. The zero-order valence-electron chi connectivity index (χ0n) is 24.5. The van der Waals surface area contributed by atoms with Crippen molar-refractivity contribution in [3.05, 3.63) is 82.9 Å². The molecular formula is C33H37ClN6O3. The minimum atomic E-state index is -0.270. The number of nitrogens with zero attached hydrogens (tertiary/aromatic N) is 6. The average Bonchev–Trinajstić information content (AvgIpc) is 3.46. The van der Waals surface area contributed by atoms with Gasteiger partial charge in [0, 0.05) is 49.6 Å². The first kappa shape index (κ1) is 29.4. The highest BCUT2D eigenvalue weighted by Gasteiger charge is 2.35. The maximum Gasteiger partial charge on any atom is 0.318 e. The maximum atomic E-state index is 12.9. The third-order valence-electron chi connectivity index (χ3n) is 8.82. The molecule has 43 heavy (non-hydrogen) atoms. The smallest absolute Gasteiger partial charge is 0.318 e. The zero-order chi connectivity index (χ0) is 29.8. The van der Waals surface area contributed by atoms with Crippen LogP contribution in [0.25, 0.3) is 15.6 Å². The molecule has 2 saturated heterocycles. The van der Waals surface area contributed by atoms with Gasteiger partial charge in [0.05, 0.1) is 18.4 Å². The summed E-state index contributed by atoms with van der Waals surface area (Å²) < 4.78 is 12.8. The highest BCUT2D eigenvalue weighted by atomic mass is 35.5. The number of anilines is 1. The van der Waals surface area contributed by atoms with Crippen LogP contribution in [0.5, 0.6) is 6.01 Å². The molecule has 0 spiro atoms. The van der Waals surface area contributed by atoms with Gasteiger partial charge in [-0.2, -0.15) is 9.97 Å². The molecule has 3 aromatic rings. The lowest BCUT2D eigenvalue weighted by atomic mass is 9.94. The first-order valence-electron chi connectivity index (χ1n) is 15.0. The number of benzene rings is 2. The van der Waals surface area contributed by atoms with Gasteiger partial charge in [0.2, 0.25) is 12.5 Å². The second-order valence-electron chi connectivity index (χ2n) is 11.4. The molecule has 3 aliphatic heterocycles. The molecule has 2 aromatic carbocycles. The minimum absolute atomic E-state index is 0.121. The van der Waals surface area contributed by atoms with E-state index in [1.54, 1.807) is 11.0 Å². The fraction of sp³-hybridized carbons (Fsp3) is 0.455. The number of carbonyl (C=O) groups excluding carboxylic acids is 1. The average molecular weight is 601 g/mol. The Morgan fingerprint density at radius 1 is 1.16 bits per heavy atom. The first-order valence-corrected chi connectivity index (χ1v) is 15.5. The van der Waals surface area contributed by atoms with Crippen molar-refractivity contribution in [1.29, 1.82) is 0 Å². The predicted octanol–water partition coefficient (Wildman–Crippen LogP) is 4.65. The molecule has 0 bridgehead atoms. The number of carbonyl (C=O) groups is 1. The number of alkyl halides is 1. The third kappa shape index (κ3) is 6.32. The van der Waals surface area contributed by atoms with Crippen LogP contribution in [0.15, 0.2) is 54.6 Å². The molecule has 6 rings (SSSR count). The van der Waals surface area contributed by atoms with E-state index in [0.29, 0.717) is 51.3 Å². The van der Waals surface area contributed by atoms with Crippen molar-refractivity contribution in [3.8, 4) is 6.01 Å². The number of ether oxygens (including phenoxy) is 2. The van der Waals surface area contributed by atoms with Gasteiger partial charge < -0.3 is 29.0 Å². The highest BCUT2D eigenvalue weighted by Crippen LogP contribution is 2.38. The summed E-state index contributed by atoms with van der Waals surface area (Å²) in [7, 11) is 2.13. The highest BCUT2D eigenvalue weighted by molar-refractivity contribution is 6.19. The summed E-state index contributed by atoms with van der Waals surface area (Å²) >= 11 is 5.77. The number of rotatable bonds is 8. The summed E-state index contributed by atoms with van der Waals surface area (Å²) in [6.45, 7) is 11.3. The molecule has 4 heterocycles. The largest absolute Gasteiger partial charge is 0.462 e. The Kier molecular flexibility index (Phi) is 9.08. The Morgan fingerprint density at radius 3 is 2.84 bits per heavy atom. The third-order valence-corrected chi connectivity index (χ3v) is 9.00. The number of amides is 1. The van der Waals surface area contributed by atoms with Crippen molar-refractivity contribution in [3.63, 3.8) is 0 Å². The number of aromatic nitrogens is 2. The monoisotopic (exact) mass is 600 g/mol. The number of halogens is 1. The zero-order valence-corrected chi connectivity index (χ0v) is 25.2. The standard InChI is InChI=1S/C33H37ClN6O3/c1-35-19-25-20-39(16-17-40(25)31(41)13-6-14-34)32-28-22-42-30(27-12-5-9-23-8-3-4-11-26(23)27)18-29(28)36-33(37-32)43-21-24-10-7-15-38(24)2/h3-6,8-9,11-13,24-25,30H,7,10,14-22H2,2H3/b13-6+/t24-,25-,30?/m0/s1. The van der Waals surface area contributed by atoms with Crippen molar-refractivity contribution in [2.75, 3.05) is 57.2 Å². The van der Waals surface area contributed by atoms with E-state index >= 15 is 0 Å². The van der Waals surface area contributed by atoms with Crippen LogP contribution >= 0.6 is 11.6 Å². The molecule has 0 radical (unpaired) electrons. The predicted molar refractivity (Wildman–Crippen MR) is 167 cm³/mol. The summed E-state index contributed by atoms with van der Waals surface area (Å²) in [5, 5.41) is 2.36. The van der Waals surface area contributed by atoms with E-state index in [-0.39, 0.29) is 30.5 Å². The Hall–Kier alpha value is -3.71. The molecule has 10 heteroatoms. The molecule has 0 aliphatic carbocycles. The topological polar surface area (TPSA) is 75.4 Å². The van der Waals surface area contributed by atoms with E-state index in [1.165, 1.54) is 16.8 Å². The number of likely N-dealkylation sites (tertiary alicyclic amines) is 1. The van der Waals surface area contributed by atoms with Gasteiger partial charge in [-0.1, -0.05) is 48.5 Å². The number of allylic oxidation sites excluding steroid dienone is 1. The number of piperazine rings is 1. The fourth-order valence-corrected chi connectivity index (χ4v) is 6.58. The van der Waals surface area contributed by atoms with Crippen LogP contribution in [-0.4, -0.2) is 90.0 Å². The summed E-state index contributed by atoms with van der Waals surface area (Å²) in [6.07, 6.45) is 5.86. The van der Waals surface area contributed by atoms with E-state index in [4.69, 9.17) is 37.6 Å². The molecule has 2 fully saturated rings. The Balaban J connectivity index is 1.31. The van der Waals surface area contributed by atoms with Gasteiger partial charge in [-0.05, 0) is 42.8 Å². The Morgan fingerprint density at radius 2 is 2.02 bits per heavy atom. The second kappa shape index (κ2) is 13.3. The van der Waals surface area contributed by atoms with Crippen molar-refractivity contribution in [1.82, 2.24) is 19.8 Å². The molecule has 0 saturated carbocycles. The summed E-state index contributed by atoms with van der Waals surface area (Å²) in [6, 6.07) is 15.2. The van der Waals surface area contributed by atoms with E-state index < -0.39 is 0 Å². The maximum absolute atomic E-state index is 12.9. The van der Waals surface area contributed by atoms with Crippen molar-refractivity contribution >= 4 is 34.1 Å². The molecule has 3 aliphatic rings. The number of hydrogen-bond donors (Lipinski definition) is 0. The van der Waals surface area contributed by atoms with Crippen LogP contribution in [0.1, 0.15) is 35.8 Å². The van der Waals surface area contributed by atoms with Crippen LogP contribution in [0, 0.1) is 6.57 Å². The SMILES string of the molecule is [C-]#[N+]C[C@H]1CN(c2nc(OC[C@@H]3CCCN3C)nc3c2COC(c2cccc4ccccc24)C3)CCN1C(=O)/C=C/CCl. The van der Waals surface area contributed by atoms with E-state index in [2.05, 4.69) is 64.2 Å². The van der Waals surface area contributed by atoms with Crippen LogP contribution in [0.4, 0.5) is 5.82 Å². The lowest BCUT2D eigenvalue weighted by molar-refractivity contribution is -0.128. The number of likely N-dealkylation sites (N-methyl/N-ethyl adjacent to an activating group) is 1. The Labute approximate surface area is 257 Å². The lowest BCUT2D eigenvalue weighted by Crippen LogP contribution is -2.56. The molecular weight excluding hydrogens is 564 g/mol. The quantitative estimate of drug-likeness (QED) is 0.212. The van der Waals surface area contributed by atoms with Crippen molar-refractivity contribution < 1.29 is 14.3 Å². The molecule has 1 aromatic heterocycles. The molecule has 224 valence electrons. The van der Waals surface area contributed by atoms with Gasteiger partial charge in [-0.15, -0.1) is 11.6 Å². The van der Waals surface area contributed by atoms with Crippen LogP contribution in [0.3, 0.4) is 0 Å². The van der Waals surface area contributed by atoms with Crippen LogP contribution < -0.4 is 9.64 Å². The molecule has 1 amide bonds. The Bertz CT molecular complexity index is 1540. The first-order chi connectivity index (χ1) is 21.1. The van der Waals surface area contributed by atoms with Gasteiger partial charge in [0.15, 0.2) is 0 Å². The molecule has 1 unspecified atom stereocenters. The summed E-state index contributed by atoms with van der Waals surface area (Å²) in [5.41, 5.74) is 3.02. The van der Waals surface area contributed by atoms with Gasteiger partial charge in [0.1, 0.15) is 18.5 Å². The molecule has 3 atom stereocenters. The molecule has 0 N–H and O–H groups in total. The molecule has 9 nitrogen and oxygen atoms in total. The summed E-state index contributed by atoms with van der Waals surface area (Å²) in [5.74, 6) is 0.921. The van der Waals surface area contributed by atoms with Gasteiger partial charge in [0.25, 0.3) is 0 Å². The van der Waals surface area contributed by atoms with Crippen molar-refractivity contribution in [2.24, 2.45) is 0 Å². The van der Waals surface area contributed by atoms with E-state index in [0.717, 1.165) is 42.0 Å². The van der Waals surface area contributed by atoms with E-state index in [1.807, 2.05) is 0 Å². The van der Waals surface area contributed by atoms with Gasteiger partial charge >= 0.3 is 6.01 Å². The number of fused-ring (bicyclic) bond motifs is 2. The summed E-state index contributed by atoms with van der Waals surface area (Å²) in [4.78, 5) is 32.7. The van der Waals surface area contributed by atoms with Gasteiger partial charge in [-0.3, -0.25) is 4.79 Å². The normalized spacial score (nSPS) is 22.6. The minimum Gasteiger partial charge on any atom is -0.462 e. The van der Waals surface area contributed by atoms with Gasteiger partial charge in [-0.25, -0.2) is 6.57 Å². The van der Waals surface area contributed by atoms with Crippen molar-refractivity contribution in [2.45, 2.75) is 44.1 Å². The van der Waals surface area contributed by atoms with Crippen LogP contribution in [0.2, 0.25) is 0 Å². The van der Waals surface area contributed by atoms with Crippen LogP contribution in [-0.2, 0) is 22.6 Å². The number of hydrogen-bond acceptors (Lipinski definition) is 7. The van der Waals surface area contributed by atoms with E-state index in [9.17, 15) is 4.79 Å².